The predicted octanol–water partition coefficient (Wildman–Crippen LogP) is 3.23. The van der Waals surface area contributed by atoms with E-state index in [-0.39, 0.29) is 0 Å². The Morgan fingerprint density at radius 3 is 2.07 bits per heavy atom. The van der Waals surface area contributed by atoms with Gasteiger partial charge in [-0.15, -0.1) is 0 Å². The lowest BCUT2D eigenvalue weighted by Crippen LogP contribution is -1.75. The number of rotatable bonds is 0. The highest BCUT2D eigenvalue weighted by molar-refractivity contribution is 9.10. The Morgan fingerprint density at radius 1 is 1.07 bits per heavy atom. The summed E-state index contributed by atoms with van der Waals surface area (Å²) in [6.07, 6.45) is 5.29. The Labute approximate surface area is 92.2 Å². The lowest BCUT2D eigenvalue weighted by molar-refractivity contribution is 1.19. The van der Waals surface area contributed by atoms with E-state index in [9.17, 15) is 0 Å². The molecule has 0 aromatic carbocycles. The van der Waals surface area contributed by atoms with Crippen molar-refractivity contribution in [1.29, 1.82) is 0 Å². The third-order valence-electron chi connectivity index (χ3n) is 1.44. The van der Waals surface area contributed by atoms with Gasteiger partial charge in [-0.1, -0.05) is 6.07 Å². The number of nitrogens with zero attached hydrogens (tertiary/aromatic N) is 2. The number of hydrogen-bond acceptors (Lipinski definition) is 2. The molecule has 2 nitrogen and oxygen atoms in total. The maximum atomic E-state index is 4.03. The summed E-state index contributed by atoms with van der Waals surface area (Å²) >= 11 is 3.28. The summed E-state index contributed by atoms with van der Waals surface area (Å²) in [7, 11) is 0. The zero-order chi connectivity index (χ0) is 10.2. The van der Waals surface area contributed by atoms with Crippen LogP contribution in [0.1, 0.15) is 5.69 Å². The van der Waals surface area contributed by atoms with E-state index in [4.69, 9.17) is 0 Å². The molecule has 0 saturated heterocycles. The highest BCUT2D eigenvalue weighted by atomic mass is 79.9. The molecule has 0 atom stereocenters. The van der Waals surface area contributed by atoms with Crippen molar-refractivity contribution in [3.63, 3.8) is 0 Å². The van der Waals surface area contributed by atoms with Gasteiger partial charge in [0.25, 0.3) is 0 Å². The van der Waals surface area contributed by atoms with Crippen molar-refractivity contribution < 1.29 is 0 Å². The molecule has 0 amide bonds. The van der Waals surface area contributed by atoms with E-state index in [0.717, 1.165) is 10.2 Å². The Bertz CT molecular complexity index is 298. The predicted molar refractivity (Wildman–Crippen MR) is 60.9 cm³/mol. The molecule has 0 saturated carbocycles. The van der Waals surface area contributed by atoms with Crippen LogP contribution in [0.15, 0.2) is 53.4 Å². The zero-order valence-corrected chi connectivity index (χ0v) is 9.48. The van der Waals surface area contributed by atoms with Gasteiger partial charge in [-0.25, -0.2) is 0 Å². The summed E-state index contributed by atoms with van der Waals surface area (Å²) in [6.45, 7) is 1.96. The van der Waals surface area contributed by atoms with Gasteiger partial charge in [0.05, 0.1) is 0 Å². The highest BCUT2D eigenvalue weighted by Crippen LogP contribution is 2.05. The van der Waals surface area contributed by atoms with Crippen molar-refractivity contribution in [2.24, 2.45) is 0 Å². The summed E-state index contributed by atoms with van der Waals surface area (Å²) in [5, 5.41) is 0. The fourth-order valence-corrected chi connectivity index (χ4v) is 0.997. The van der Waals surface area contributed by atoms with E-state index in [0.29, 0.717) is 0 Å². The van der Waals surface area contributed by atoms with Crippen molar-refractivity contribution in [3.8, 4) is 0 Å². The van der Waals surface area contributed by atoms with Gasteiger partial charge in [0.1, 0.15) is 0 Å². The number of halogens is 1. The Kier molecular flexibility index (Phi) is 4.86. The fourth-order valence-electron chi connectivity index (χ4n) is 0.762. The van der Waals surface area contributed by atoms with Crippen LogP contribution in [0.25, 0.3) is 0 Å². The summed E-state index contributed by atoms with van der Waals surface area (Å²) in [4.78, 5) is 7.82. The number of aromatic nitrogens is 2. The van der Waals surface area contributed by atoms with Crippen LogP contribution < -0.4 is 0 Å². The Balaban J connectivity index is 0.000000146. The van der Waals surface area contributed by atoms with Crippen LogP contribution >= 0.6 is 15.9 Å². The molecule has 2 aromatic rings. The minimum atomic E-state index is 1.03. The first-order chi connectivity index (χ1) is 6.79. The smallest absolute Gasteiger partial charge is 0.0413 e. The van der Waals surface area contributed by atoms with E-state index in [2.05, 4.69) is 25.9 Å². The molecule has 0 aliphatic heterocycles. The average molecular weight is 251 g/mol. The van der Waals surface area contributed by atoms with Crippen molar-refractivity contribution in [1.82, 2.24) is 9.97 Å². The van der Waals surface area contributed by atoms with Gasteiger partial charge in [-0.05, 0) is 47.1 Å². The number of hydrogen-bond donors (Lipinski definition) is 0. The molecule has 3 heteroatoms. The molecule has 0 fully saturated rings. The van der Waals surface area contributed by atoms with Crippen LogP contribution in [-0.4, -0.2) is 9.97 Å². The Hall–Kier alpha value is -1.22. The fraction of sp³-hybridized carbons (Fsp3) is 0.0909. The average Bonchev–Trinajstić information content (AvgIpc) is 2.26. The third-order valence-corrected chi connectivity index (χ3v) is 1.91. The molecule has 0 bridgehead atoms. The molecule has 0 radical (unpaired) electrons. The van der Waals surface area contributed by atoms with Gasteiger partial charge in [0.2, 0.25) is 0 Å². The van der Waals surface area contributed by atoms with Gasteiger partial charge in [-0.2, -0.15) is 0 Å². The molecule has 0 spiro atoms. The minimum Gasteiger partial charge on any atom is -0.265 e. The van der Waals surface area contributed by atoms with Gasteiger partial charge in [0, 0.05) is 28.8 Å². The molecule has 2 heterocycles. The molecule has 2 aromatic heterocycles. The minimum absolute atomic E-state index is 1.03. The molecule has 0 aliphatic carbocycles. The molecular weight excluding hydrogens is 240 g/mol. The van der Waals surface area contributed by atoms with Gasteiger partial charge in [-0.3, -0.25) is 9.97 Å². The summed E-state index contributed by atoms with van der Waals surface area (Å²) in [5.41, 5.74) is 1.05. The van der Waals surface area contributed by atoms with Crippen LogP contribution in [0.4, 0.5) is 0 Å². The van der Waals surface area contributed by atoms with E-state index >= 15 is 0 Å². The van der Waals surface area contributed by atoms with Crippen LogP contribution in [0, 0.1) is 6.92 Å². The zero-order valence-electron chi connectivity index (χ0n) is 7.89. The van der Waals surface area contributed by atoms with E-state index < -0.39 is 0 Å². The van der Waals surface area contributed by atoms with Gasteiger partial charge < -0.3 is 0 Å². The van der Waals surface area contributed by atoms with Crippen molar-refractivity contribution in [2.75, 3.05) is 0 Å². The van der Waals surface area contributed by atoms with Crippen LogP contribution in [0.2, 0.25) is 0 Å². The third kappa shape index (κ3) is 4.72. The van der Waals surface area contributed by atoms with E-state index in [1.165, 1.54) is 0 Å². The number of pyridine rings is 2. The molecule has 0 aliphatic rings. The lowest BCUT2D eigenvalue weighted by Gasteiger charge is -1.87. The second-order valence-corrected chi connectivity index (χ2v) is 3.56. The highest BCUT2D eigenvalue weighted by Gasteiger charge is 1.82. The van der Waals surface area contributed by atoms with Gasteiger partial charge in [0.15, 0.2) is 0 Å². The first kappa shape index (κ1) is 10.9. The van der Waals surface area contributed by atoms with Crippen LogP contribution in [-0.2, 0) is 0 Å². The normalized spacial score (nSPS) is 8.71. The van der Waals surface area contributed by atoms with E-state index in [1.807, 2.05) is 37.3 Å². The Morgan fingerprint density at radius 2 is 1.79 bits per heavy atom. The molecule has 14 heavy (non-hydrogen) atoms. The topological polar surface area (TPSA) is 25.8 Å². The second-order valence-electron chi connectivity index (χ2n) is 2.64. The standard InChI is InChI=1S/C6H6BrN.C5H5N/c1-5-2-3-6(7)4-8-5;1-2-4-6-5-3-1/h2-4H,1H3;1-5H. The van der Waals surface area contributed by atoms with Crippen LogP contribution in [0.5, 0.6) is 0 Å². The molecular formula is C11H11BrN2. The lowest BCUT2D eigenvalue weighted by atomic mass is 10.4. The summed E-state index contributed by atoms with van der Waals surface area (Å²) in [5.74, 6) is 0. The van der Waals surface area contributed by atoms with Crippen molar-refractivity contribution >= 4 is 15.9 Å². The first-order valence-corrected chi connectivity index (χ1v) is 5.01. The van der Waals surface area contributed by atoms with Gasteiger partial charge >= 0.3 is 0 Å². The van der Waals surface area contributed by atoms with Crippen molar-refractivity contribution in [2.45, 2.75) is 6.92 Å². The molecule has 2 rings (SSSR count). The summed E-state index contributed by atoms with van der Waals surface area (Å²) < 4.78 is 1.03. The maximum absolute atomic E-state index is 4.03. The number of aryl methyl sites for hydroxylation is 1. The molecule has 0 N–H and O–H groups in total. The SMILES string of the molecule is Cc1ccc(Br)cn1.c1ccncc1. The summed E-state index contributed by atoms with van der Waals surface area (Å²) in [6, 6.07) is 9.65. The maximum Gasteiger partial charge on any atom is 0.0413 e. The largest absolute Gasteiger partial charge is 0.265 e. The van der Waals surface area contributed by atoms with E-state index in [1.54, 1.807) is 18.6 Å². The quantitative estimate of drug-likeness (QED) is 0.718. The van der Waals surface area contributed by atoms with Crippen molar-refractivity contribution in [3.05, 3.63) is 59.1 Å². The second kappa shape index (κ2) is 6.27. The molecule has 0 unspecified atom stereocenters. The van der Waals surface area contributed by atoms with Crippen LogP contribution in [0.3, 0.4) is 0 Å². The first-order valence-electron chi connectivity index (χ1n) is 4.22. The monoisotopic (exact) mass is 250 g/mol. The molecule has 72 valence electrons.